The molecule has 1 heterocycles. The van der Waals surface area contributed by atoms with Gasteiger partial charge in [0.15, 0.2) is 0 Å². The van der Waals surface area contributed by atoms with Gasteiger partial charge in [-0.25, -0.2) is 14.8 Å². The second kappa shape index (κ2) is 3.91. The monoisotopic (exact) mass is 203 g/mol. The molecule has 0 saturated heterocycles. The van der Waals surface area contributed by atoms with E-state index in [1.165, 1.54) is 13.2 Å². The molecule has 2 aromatic rings. The maximum atomic E-state index is 10.9. The van der Waals surface area contributed by atoms with E-state index in [1.54, 1.807) is 6.07 Å². The van der Waals surface area contributed by atoms with Crippen LogP contribution in [0.5, 0.6) is 5.88 Å². The molecule has 76 valence electrons. The van der Waals surface area contributed by atoms with Gasteiger partial charge in [-0.1, -0.05) is 12.1 Å². The summed E-state index contributed by atoms with van der Waals surface area (Å²) in [5.41, 5.74) is 1.46. The Kier molecular flexibility index (Phi) is 2.45. The summed E-state index contributed by atoms with van der Waals surface area (Å²) in [4.78, 5) is 19.1. The van der Waals surface area contributed by atoms with E-state index in [-0.39, 0.29) is 5.88 Å². The minimum Gasteiger partial charge on any atom is -0.390 e. The van der Waals surface area contributed by atoms with E-state index in [2.05, 4.69) is 15.3 Å². The molecule has 2 rings (SSSR count). The highest BCUT2D eigenvalue weighted by atomic mass is 16.6. The second-order valence-corrected chi connectivity index (χ2v) is 2.84. The second-order valence-electron chi connectivity index (χ2n) is 2.84. The highest BCUT2D eigenvalue weighted by molar-refractivity contribution is 5.75. The van der Waals surface area contributed by atoms with Gasteiger partial charge in [-0.15, -0.1) is 0 Å². The lowest BCUT2D eigenvalue weighted by Gasteiger charge is -2.02. The van der Waals surface area contributed by atoms with E-state index in [9.17, 15) is 4.79 Å². The zero-order chi connectivity index (χ0) is 10.7. The van der Waals surface area contributed by atoms with Crippen molar-refractivity contribution in [2.24, 2.45) is 0 Å². The van der Waals surface area contributed by atoms with Crippen LogP contribution in [0, 0.1) is 0 Å². The van der Waals surface area contributed by atoms with Gasteiger partial charge in [0.05, 0.1) is 17.2 Å². The minimum absolute atomic E-state index is 0.188. The van der Waals surface area contributed by atoms with Gasteiger partial charge in [-0.05, 0) is 12.1 Å². The van der Waals surface area contributed by atoms with E-state index < -0.39 is 6.09 Å². The molecule has 0 radical (unpaired) electrons. The van der Waals surface area contributed by atoms with Gasteiger partial charge in [-0.3, -0.25) is 0 Å². The van der Waals surface area contributed by atoms with Gasteiger partial charge < -0.3 is 10.1 Å². The maximum Gasteiger partial charge on any atom is 0.413 e. The molecule has 5 heteroatoms. The standard InChI is InChI=1S/C10H9N3O2/c1-11-10(14)15-9-6-12-7-4-2-3-5-8(7)13-9/h2-6H,1H3,(H,11,14). The quantitative estimate of drug-likeness (QED) is 0.759. The first kappa shape index (κ1) is 9.39. The average molecular weight is 203 g/mol. The molecular formula is C10H9N3O2. The van der Waals surface area contributed by atoms with Crippen molar-refractivity contribution in [2.45, 2.75) is 0 Å². The van der Waals surface area contributed by atoms with Gasteiger partial charge in [-0.2, -0.15) is 0 Å². The van der Waals surface area contributed by atoms with Crippen molar-refractivity contribution in [2.75, 3.05) is 7.05 Å². The fraction of sp³-hybridized carbons (Fsp3) is 0.100. The van der Waals surface area contributed by atoms with E-state index >= 15 is 0 Å². The topological polar surface area (TPSA) is 64.1 Å². The summed E-state index contributed by atoms with van der Waals surface area (Å²) in [7, 11) is 1.48. The predicted molar refractivity (Wildman–Crippen MR) is 54.6 cm³/mol. The molecule has 0 aliphatic rings. The molecule has 0 fully saturated rings. The van der Waals surface area contributed by atoms with Crippen molar-refractivity contribution in [3.8, 4) is 5.88 Å². The Balaban J connectivity index is 2.34. The summed E-state index contributed by atoms with van der Waals surface area (Å²) in [5.74, 6) is 0.188. The number of carbonyl (C=O) groups excluding carboxylic acids is 1. The highest BCUT2D eigenvalue weighted by Crippen LogP contribution is 2.12. The smallest absolute Gasteiger partial charge is 0.390 e. The zero-order valence-electron chi connectivity index (χ0n) is 8.10. The first-order valence-electron chi connectivity index (χ1n) is 4.41. The van der Waals surface area contributed by atoms with Crippen molar-refractivity contribution in [3.05, 3.63) is 30.5 Å². The molecule has 1 N–H and O–H groups in total. The number of nitrogens with one attached hydrogen (secondary N) is 1. The predicted octanol–water partition coefficient (Wildman–Crippen LogP) is 1.35. The molecule has 1 amide bonds. The van der Waals surface area contributed by atoms with Crippen molar-refractivity contribution < 1.29 is 9.53 Å². The lowest BCUT2D eigenvalue weighted by molar-refractivity contribution is 0.201. The minimum atomic E-state index is -0.556. The first-order chi connectivity index (χ1) is 7.29. The van der Waals surface area contributed by atoms with Gasteiger partial charge in [0.1, 0.15) is 0 Å². The van der Waals surface area contributed by atoms with Crippen molar-refractivity contribution in [3.63, 3.8) is 0 Å². The first-order valence-corrected chi connectivity index (χ1v) is 4.41. The number of amides is 1. The summed E-state index contributed by atoms with van der Waals surface area (Å²) in [5, 5.41) is 2.33. The Morgan fingerprint density at radius 2 is 2.07 bits per heavy atom. The number of hydrogen-bond acceptors (Lipinski definition) is 4. The molecule has 0 spiro atoms. The molecule has 0 atom stereocenters. The molecule has 0 saturated carbocycles. The molecular weight excluding hydrogens is 194 g/mol. The van der Waals surface area contributed by atoms with Gasteiger partial charge in [0.25, 0.3) is 0 Å². The number of rotatable bonds is 1. The van der Waals surface area contributed by atoms with Crippen LogP contribution in [0.25, 0.3) is 11.0 Å². The molecule has 15 heavy (non-hydrogen) atoms. The zero-order valence-corrected chi connectivity index (χ0v) is 8.10. The van der Waals surface area contributed by atoms with Gasteiger partial charge in [0.2, 0.25) is 5.88 Å². The Bertz CT molecular complexity index is 499. The van der Waals surface area contributed by atoms with E-state index in [0.29, 0.717) is 5.52 Å². The van der Waals surface area contributed by atoms with Crippen LogP contribution >= 0.6 is 0 Å². The molecule has 1 aromatic heterocycles. The van der Waals surface area contributed by atoms with Crippen LogP contribution in [0.1, 0.15) is 0 Å². The number of aromatic nitrogens is 2. The maximum absolute atomic E-state index is 10.9. The lowest BCUT2D eigenvalue weighted by Crippen LogP contribution is -2.22. The van der Waals surface area contributed by atoms with Crippen LogP contribution in [0.3, 0.4) is 0 Å². The van der Waals surface area contributed by atoms with Crippen LogP contribution < -0.4 is 10.1 Å². The van der Waals surface area contributed by atoms with Crippen LogP contribution in [-0.2, 0) is 0 Å². The third-order valence-electron chi connectivity index (χ3n) is 1.83. The fourth-order valence-corrected chi connectivity index (χ4v) is 1.14. The van der Waals surface area contributed by atoms with Gasteiger partial charge in [0, 0.05) is 7.05 Å². The van der Waals surface area contributed by atoms with Crippen LogP contribution in [0.2, 0.25) is 0 Å². The Morgan fingerprint density at radius 1 is 1.33 bits per heavy atom. The fourth-order valence-electron chi connectivity index (χ4n) is 1.14. The molecule has 5 nitrogen and oxygen atoms in total. The SMILES string of the molecule is CNC(=O)Oc1cnc2ccccc2n1. The average Bonchev–Trinajstić information content (AvgIpc) is 2.29. The molecule has 0 unspecified atom stereocenters. The van der Waals surface area contributed by atoms with Crippen LogP contribution in [0.4, 0.5) is 4.79 Å². The van der Waals surface area contributed by atoms with Crippen molar-refractivity contribution in [1.82, 2.24) is 15.3 Å². The summed E-state index contributed by atoms with van der Waals surface area (Å²) >= 11 is 0. The number of ether oxygens (including phenoxy) is 1. The largest absolute Gasteiger partial charge is 0.413 e. The van der Waals surface area contributed by atoms with E-state index in [1.807, 2.05) is 18.2 Å². The summed E-state index contributed by atoms with van der Waals surface area (Å²) in [6.45, 7) is 0. The van der Waals surface area contributed by atoms with Crippen molar-refractivity contribution >= 4 is 17.1 Å². The van der Waals surface area contributed by atoms with Gasteiger partial charge >= 0.3 is 6.09 Å². The third kappa shape index (κ3) is 2.01. The number of fused-ring (bicyclic) bond motifs is 1. The number of para-hydroxylation sites is 2. The number of carbonyl (C=O) groups is 1. The Morgan fingerprint density at radius 3 is 2.80 bits per heavy atom. The van der Waals surface area contributed by atoms with Crippen LogP contribution in [-0.4, -0.2) is 23.1 Å². The van der Waals surface area contributed by atoms with Crippen LogP contribution in [0.15, 0.2) is 30.5 Å². The summed E-state index contributed by atoms with van der Waals surface area (Å²) in [6.07, 6.45) is 0.858. The molecule has 0 aliphatic carbocycles. The summed E-state index contributed by atoms with van der Waals surface area (Å²) < 4.78 is 4.85. The van der Waals surface area contributed by atoms with Crippen molar-refractivity contribution in [1.29, 1.82) is 0 Å². The third-order valence-corrected chi connectivity index (χ3v) is 1.83. The van der Waals surface area contributed by atoms with E-state index in [4.69, 9.17) is 4.74 Å². The van der Waals surface area contributed by atoms with E-state index in [0.717, 1.165) is 5.52 Å². The number of benzene rings is 1. The highest BCUT2D eigenvalue weighted by Gasteiger charge is 2.04. The number of nitrogens with zero attached hydrogens (tertiary/aromatic N) is 2. The summed E-state index contributed by atoms with van der Waals surface area (Å²) in [6, 6.07) is 7.36. The Hall–Kier alpha value is -2.17. The molecule has 1 aromatic carbocycles. The lowest BCUT2D eigenvalue weighted by atomic mass is 10.3. The molecule has 0 bridgehead atoms. The normalized spacial score (nSPS) is 9.93. The number of hydrogen-bond donors (Lipinski definition) is 1. The molecule has 0 aliphatic heterocycles. The Labute approximate surface area is 86.1 Å².